The van der Waals surface area contributed by atoms with Crippen LogP contribution in [-0.4, -0.2) is 91.6 Å². The van der Waals surface area contributed by atoms with Gasteiger partial charge in [-0.2, -0.15) is 5.10 Å². The lowest BCUT2D eigenvalue weighted by molar-refractivity contribution is -0.147. The van der Waals surface area contributed by atoms with Gasteiger partial charge in [-0.1, -0.05) is 24.3 Å². The van der Waals surface area contributed by atoms with Gasteiger partial charge in [0.1, 0.15) is 47.1 Å². The van der Waals surface area contributed by atoms with E-state index in [0.29, 0.717) is 71.8 Å². The number of piperidine rings is 1. The molecule has 58 heavy (non-hydrogen) atoms. The van der Waals surface area contributed by atoms with Crippen molar-refractivity contribution >= 4 is 50.8 Å². The number of nitrogen functional groups attached to an aromatic ring is 1. The molecule has 1 atom stereocenters. The number of thiophene rings is 1. The van der Waals surface area contributed by atoms with Gasteiger partial charge in [0.2, 0.25) is 0 Å². The third kappa shape index (κ3) is 8.11. The van der Waals surface area contributed by atoms with Crippen LogP contribution in [0.25, 0.3) is 16.0 Å². The number of hydrogen-bond acceptors (Lipinski definition) is 13. The number of para-hydroxylation sites is 1. The number of aromatic nitrogens is 5. The number of carbonyl (C=O) groups is 2. The number of hydrogen-bond donors (Lipinski definition) is 3. The molecule has 300 valence electrons. The minimum Gasteiger partial charge on any atom is -0.490 e. The van der Waals surface area contributed by atoms with Crippen molar-refractivity contribution in [2.24, 2.45) is 0 Å². The highest BCUT2D eigenvalue weighted by atomic mass is 32.1. The molecule has 2 aliphatic heterocycles. The van der Waals surface area contributed by atoms with Gasteiger partial charge in [-0.05, 0) is 55.3 Å². The second-order valence-electron chi connectivity index (χ2n) is 14.2. The van der Waals surface area contributed by atoms with E-state index in [1.807, 2.05) is 47.4 Å². The molecular formula is C40H39F2N9O6S. The van der Waals surface area contributed by atoms with Crippen LogP contribution in [0.5, 0.6) is 5.75 Å². The predicted molar refractivity (Wildman–Crippen MR) is 211 cm³/mol. The lowest BCUT2D eigenvalue weighted by Gasteiger charge is -2.32. The SMILES string of the molecule is Nc1nc2sc(C(=O)NC3CCN(CC(=O)OCCC(O)(Cn4cncn4)c4ccc(F)cc4F)CC3)cc2n(-c2ccc3c(c2)N(c2ccccc2)CCO3)c1=O. The van der Waals surface area contributed by atoms with Crippen LogP contribution in [-0.2, 0) is 21.7 Å². The van der Waals surface area contributed by atoms with E-state index in [0.717, 1.165) is 34.8 Å². The highest BCUT2D eigenvalue weighted by molar-refractivity contribution is 7.20. The summed E-state index contributed by atoms with van der Waals surface area (Å²) in [5.41, 5.74) is 6.37. The Kier molecular flexibility index (Phi) is 10.9. The van der Waals surface area contributed by atoms with Crippen LogP contribution in [0.3, 0.4) is 0 Å². The van der Waals surface area contributed by atoms with E-state index in [9.17, 15) is 28.3 Å². The van der Waals surface area contributed by atoms with Crippen LogP contribution in [0.4, 0.5) is 26.0 Å². The van der Waals surface area contributed by atoms with Crippen LogP contribution < -0.4 is 26.2 Å². The smallest absolute Gasteiger partial charge is 0.320 e. The number of nitrogens with zero attached hydrogens (tertiary/aromatic N) is 7. The second kappa shape index (κ2) is 16.3. The van der Waals surface area contributed by atoms with Crippen molar-refractivity contribution in [3.05, 3.63) is 118 Å². The van der Waals surface area contributed by atoms with E-state index in [4.69, 9.17) is 15.2 Å². The first kappa shape index (κ1) is 38.6. The van der Waals surface area contributed by atoms with Gasteiger partial charge in [-0.3, -0.25) is 23.9 Å². The van der Waals surface area contributed by atoms with Crippen LogP contribution in [0.1, 0.15) is 34.5 Å². The minimum absolute atomic E-state index is 0.0219. The monoisotopic (exact) mass is 811 g/mol. The number of aliphatic hydroxyl groups is 1. The molecule has 1 saturated heterocycles. The summed E-state index contributed by atoms with van der Waals surface area (Å²) in [5.74, 6) is -2.08. The van der Waals surface area contributed by atoms with E-state index in [1.165, 1.54) is 21.9 Å². The minimum atomic E-state index is -1.86. The number of ether oxygens (including phenoxy) is 2. The van der Waals surface area contributed by atoms with Crippen molar-refractivity contribution in [2.75, 3.05) is 50.0 Å². The number of anilines is 3. The Bertz CT molecular complexity index is 2510. The number of amides is 1. The van der Waals surface area contributed by atoms with E-state index in [-0.39, 0.29) is 49.4 Å². The number of nitrogens with one attached hydrogen (secondary N) is 1. The molecule has 3 aromatic carbocycles. The third-order valence-electron chi connectivity index (χ3n) is 10.3. The van der Waals surface area contributed by atoms with Crippen LogP contribution in [0.15, 0.2) is 90.2 Å². The molecule has 0 bridgehead atoms. The maximum atomic E-state index is 14.7. The highest BCUT2D eigenvalue weighted by Gasteiger charge is 2.34. The van der Waals surface area contributed by atoms with Crippen molar-refractivity contribution in [3.8, 4) is 11.4 Å². The van der Waals surface area contributed by atoms with Crippen molar-refractivity contribution in [1.29, 1.82) is 0 Å². The summed E-state index contributed by atoms with van der Waals surface area (Å²) < 4.78 is 42.5. The molecule has 5 heterocycles. The van der Waals surface area contributed by atoms with Gasteiger partial charge in [-0.25, -0.2) is 23.4 Å². The average molecular weight is 812 g/mol. The van der Waals surface area contributed by atoms with Crippen LogP contribution >= 0.6 is 11.3 Å². The highest BCUT2D eigenvalue weighted by Crippen LogP contribution is 2.39. The number of esters is 1. The molecule has 0 spiro atoms. The molecule has 4 N–H and O–H groups in total. The Morgan fingerprint density at radius 3 is 2.60 bits per heavy atom. The maximum Gasteiger partial charge on any atom is 0.320 e. The largest absolute Gasteiger partial charge is 0.490 e. The Labute approximate surface area is 334 Å². The average Bonchev–Trinajstić information content (AvgIpc) is 3.89. The Hall–Kier alpha value is -6.24. The standard InChI is InChI=1S/C40H39F2N9O6S/c41-25-6-8-29(30(42)18-25)40(55,22-49-24-44-23-45-49)12-16-57-35(52)21-48-13-10-26(11-14-48)46-37(53)34-20-32-38(58-34)47-36(43)39(54)51(32)28-7-9-33-31(19-28)50(15-17-56-33)27-4-2-1-3-5-27/h1-9,18-20,23-24,26,55H,10-17,21-22H2,(H2,43,47)(H,46,53). The predicted octanol–water partition coefficient (Wildman–Crippen LogP) is 4.15. The molecule has 1 unspecified atom stereocenters. The zero-order valence-electron chi connectivity index (χ0n) is 31.1. The Morgan fingerprint density at radius 1 is 1.03 bits per heavy atom. The Morgan fingerprint density at radius 2 is 1.84 bits per heavy atom. The van der Waals surface area contributed by atoms with Gasteiger partial charge < -0.3 is 30.5 Å². The van der Waals surface area contributed by atoms with Crippen LogP contribution in [0.2, 0.25) is 0 Å². The number of fused-ring (bicyclic) bond motifs is 2. The molecule has 1 amide bonds. The number of carbonyl (C=O) groups excluding carboxylic acids is 2. The van der Waals surface area contributed by atoms with Crippen molar-refractivity contribution < 1.29 is 33.0 Å². The zero-order valence-corrected chi connectivity index (χ0v) is 31.9. The van der Waals surface area contributed by atoms with Crippen molar-refractivity contribution in [2.45, 2.75) is 37.5 Å². The number of likely N-dealkylation sites (tertiary alicyclic amines) is 1. The summed E-state index contributed by atoms with van der Waals surface area (Å²) in [7, 11) is 0. The van der Waals surface area contributed by atoms with Gasteiger partial charge in [0.05, 0.1) is 48.0 Å². The lowest BCUT2D eigenvalue weighted by atomic mass is 9.90. The quantitative estimate of drug-likeness (QED) is 0.151. The fourth-order valence-corrected chi connectivity index (χ4v) is 8.31. The van der Waals surface area contributed by atoms with Crippen molar-refractivity contribution in [3.63, 3.8) is 0 Å². The Balaban J connectivity index is 0.884. The van der Waals surface area contributed by atoms with Gasteiger partial charge in [0.25, 0.3) is 11.5 Å². The molecular weight excluding hydrogens is 773 g/mol. The first-order valence-electron chi connectivity index (χ1n) is 18.7. The molecule has 8 rings (SSSR count). The fraction of sp³-hybridized carbons (Fsp3) is 0.300. The molecule has 0 aliphatic carbocycles. The first-order chi connectivity index (χ1) is 28.0. The molecule has 2 aliphatic rings. The molecule has 18 heteroatoms. The van der Waals surface area contributed by atoms with E-state index < -0.39 is 28.8 Å². The second-order valence-corrected chi connectivity index (χ2v) is 15.2. The first-order valence-corrected chi connectivity index (χ1v) is 19.5. The molecule has 3 aromatic heterocycles. The number of rotatable bonds is 12. The zero-order chi connectivity index (χ0) is 40.4. The number of halogens is 2. The van der Waals surface area contributed by atoms with Gasteiger partial charge in [0.15, 0.2) is 5.82 Å². The molecule has 15 nitrogen and oxygen atoms in total. The fourth-order valence-electron chi connectivity index (χ4n) is 7.38. The summed E-state index contributed by atoms with van der Waals surface area (Å²) in [6.45, 7) is 1.68. The molecule has 6 aromatic rings. The summed E-state index contributed by atoms with van der Waals surface area (Å²) in [6, 6.07) is 19.7. The topological polar surface area (TPSA) is 183 Å². The molecule has 0 saturated carbocycles. The summed E-state index contributed by atoms with van der Waals surface area (Å²) in [5, 5.41) is 18.5. The number of nitrogens with two attached hydrogens (primary N) is 1. The summed E-state index contributed by atoms with van der Waals surface area (Å²) in [6.07, 6.45) is 3.57. The summed E-state index contributed by atoms with van der Waals surface area (Å²) >= 11 is 1.14. The van der Waals surface area contributed by atoms with E-state index >= 15 is 0 Å². The number of benzene rings is 3. The molecule has 0 radical (unpaired) electrons. The maximum absolute atomic E-state index is 14.7. The summed E-state index contributed by atoms with van der Waals surface area (Å²) in [4.78, 5) is 52.9. The lowest BCUT2D eigenvalue weighted by Crippen LogP contribution is -2.46. The van der Waals surface area contributed by atoms with Crippen LogP contribution in [0, 0.1) is 11.6 Å². The van der Waals surface area contributed by atoms with E-state index in [2.05, 4.69) is 25.3 Å². The van der Waals surface area contributed by atoms with E-state index in [1.54, 1.807) is 12.1 Å². The van der Waals surface area contributed by atoms with Gasteiger partial charge in [-0.15, -0.1) is 11.3 Å². The van der Waals surface area contributed by atoms with Crippen molar-refractivity contribution in [1.82, 2.24) is 34.5 Å². The van der Waals surface area contributed by atoms with Gasteiger partial charge in [0, 0.05) is 42.9 Å². The van der Waals surface area contributed by atoms with Gasteiger partial charge >= 0.3 is 5.97 Å². The normalized spacial score (nSPS) is 15.7. The third-order valence-corrected chi connectivity index (χ3v) is 11.3. The molecule has 1 fully saturated rings.